The van der Waals surface area contributed by atoms with Gasteiger partial charge in [-0.15, -0.1) is 0 Å². The molecule has 0 spiro atoms. The molecule has 4 heteroatoms. The molecule has 1 heterocycles. The topological polar surface area (TPSA) is 29.9 Å². The summed E-state index contributed by atoms with van der Waals surface area (Å²) in [5.41, 5.74) is 2.39. The fraction of sp³-hybridized carbons (Fsp3) is 0.357. The minimum atomic E-state index is 0.685. The molecule has 1 fully saturated rings. The molecular weight excluding hydrogens is 246 g/mol. The van der Waals surface area contributed by atoms with Gasteiger partial charge in [0.25, 0.3) is 0 Å². The summed E-state index contributed by atoms with van der Waals surface area (Å²) in [5, 5.41) is 4.24. The van der Waals surface area contributed by atoms with Gasteiger partial charge in [-0.05, 0) is 24.5 Å². The first-order chi connectivity index (χ1) is 8.84. The number of halogens is 1. The summed E-state index contributed by atoms with van der Waals surface area (Å²) in [6.07, 6.45) is 6.45. The van der Waals surface area contributed by atoms with Gasteiger partial charge >= 0.3 is 0 Å². The molecule has 18 heavy (non-hydrogen) atoms. The second-order valence-corrected chi connectivity index (χ2v) is 5.13. The van der Waals surface area contributed by atoms with E-state index in [0.29, 0.717) is 6.04 Å². The Balaban J connectivity index is 1.58. The van der Waals surface area contributed by atoms with Crippen molar-refractivity contribution < 1.29 is 0 Å². The summed E-state index contributed by atoms with van der Waals surface area (Å²) in [6, 6.07) is 8.62. The third-order valence-corrected chi connectivity index (χ3v) is 3.63. The molecule has 0 radical (unpaired) electrons. The minimum Gasteiger partial charge on any atom is -0.330 e. The van der Waals surface area contributed by atoms with Crippen LogP contribution in [0.2, 0.25) is 5.02 Å². The van der Waals surface area contributed by atoms with Crippen molar-refractivity contribution in [2.45, 2.75) is 32.0 Å². The first-order valence-corrected chi connectivity index (χ1v) is 6.67. The Morgan fingerprint density at radius 2 is 2.11 bits per heavy atom. The molecule has 0 atom stereocenters. The van der Waals surface area contributed by atoms with E-state index in [4.69, 9.17) is 11.6 Å². The molecule has 0 unspecified atom stereocenters. The smallest absolute Gasteiger partial charge is 0.0951 e. The van der Waals surface area contributed by atoms with Crippen LogP contribution in [0, 0.1) is 0 Å². The van der Waals surface area contributed by atoms with Gasteiger partial charge in [-0.1, -0.05) is 29.8 Å². The van der Waals surface area contributed by atoms with Crippen LogP contribution >= 0.6 is 11.6 Å². The summed E-state index contributed by atoms with van der Waals surface area (Å²) in [4.78, 5) is 4.22. The summed E-state index contributed by atoms with van der Waals surface area (Å²) in [7, 11) is 0. The van der Waals surface area contributed by atoms with Crippen LogP contribution in [-0.2, 0) is 13.1 Å². The zero-order valence-electron chi connectivity index (χ0n) is 10.1. The predicted octanol–water partition coefficient (Wildman–Crippen LogP) is 3.16. The van der Waals surface area contributed by atoms with Crippen LogP contribution in [0.25, 0.3) is 0 Å². The van der Waals surface area contributed by atoms with Gasteiger partial charge in [0.2, 0.25) is 0 Å². The molecule has 1 aliphatic rings. The highest BCUT2D eigenvalue weighted by Crippen LogP contribution is 2.35. The molecule has 1 aromatic carbocycles. The zero-order valence-corrected chi connectivity index (χ0v) is 10.9. The van der Waals surface area contributed by atoms with E-state index in [1.165, 1.54) is 18.5 Å². The maximum atomic E-state index is 6.12. The van der Waals surface area contributed by atoms with Gasteiger partial charge in [0.05, 0.1) is 12.0 Å². The van der Waals surface area contributed by atoms with Crippen LogP contribution in [-0.4, -0.2) is 9.55 Å². The molecule has 3 nitrogen and oxygen atoms in total. The molecule has 0 saturated heterocycles. The van der Waals surface area contributed by atoms with E-state index in [1.807, 2.05) is 36.8 Å². The van der Waals surface area contributed by atoms with Crippen molar-refractivity contribution in [1.29, 1.82) is 0 Å². The lowest BCUT2D eigenvalue weighted by molar-refractivity contribution is 0.621. The highest BCUT2D eigenvalue weighted by atomic mass is 35.5. The second-order valence-electron chi connectivity index (χ2n) is 4.72. The van der Waals surface area contributed by atoms with Crippen molar-refractivity contribution in [2.24, 2.45) is 0 Å². The summed E-state index contributed by atoms with van der Waals surface area (Å²) >= 11 is 6.12. The second kappa shape index (κ2) is 5.12. The van der Waals surface area contributed by atoms with Crippen LogP contribution in [0.4, 0.5) is 0 Å². The van der Waals surface area contributed by atoms with Crippen LogP contribution in [0.3, 0.4) is 0 Å². The lowest BCUT2D eigenvalue weighted by atomic mass is 10.2. The van der Waals surface area contributed by atoms with E-state index >= 15 is 0 Å². The highest BCUT2D eigenvalue weighted by Gasteiger charge is 2.24. The minimum absolute atomic E-state index is 0.685. The third-order valence-electron chi connectivity index (χ3n) is 3.27. The first-order valence-electron chi connectivity index (χ1n) is 6.29. The third kappa shape index (κ3) is 2.57. The lowest BCUT2D eigenvalue weighted by Crippen LogP contribution is -2.15. The van der Waals surface area contributed by atoms with E-state index in [9.17, 15) is 0 Å². The number of hydrogen-bond acceptors (Lipinski definition) is 2. The Labute approximate surface area is 112 Å². The molecule has 2 aromatic rings. The van der Waals surface area contributed by atoms with Crippen LogP contribution in [0.1, 0.15) is 30.1 Å². The molecule has 94 valence electrons. The number of nitrogens with zero attached hydrogens (tertiary/aromatic N) is 2. The number of hydrogen-bond donors (Lipinski definition) is 1. The largest absolute Gasteiger partial charge is 0.330 e. The number of nitrogens with one attached hydrogen (secondary N) is 1. The molecule has 0 amide bonds. The number of imidazole rings is 1. The fourth-order valence-corrected chi connectivity index (χ4v) is 2.32. The maximum Gasteiger partial charge on any atom is 0.0951 e. The molecule has 0 aliphatic heterocycles. The normalized spacial score (nSPS) is 14.9. The van der Waals surface area contributed by atoms with E-state index < -0.39 is 0 Å². The number of benzene rings is 1. The van der Waals surface area contributed by atoms with E-state index in [2.05, 4.69) is 14.9 Å². The van der Waals surface area contributed by atoms with Crippen molar-refractivity contribution in [3.8, 4) is 0 Å². The summed E-state index contributed by atoms with van der Waals surface area (Å²) in [6.45, 7) is 1.62. The van der Waals surface area contributed by atoms with Crippen LogP contribution < -0.4 is 5.32 Å². The van der Waals surface area contributed by atoms with Gasteiger partial charge in [0, 0.05) is 30.4 Å². The first kappa shape index (κ1) is 11.8. The molecule has 1 aliphatic carbocycles. The van der Waals surface area contributed by atoms with E-state index in [-0.39, 0.29) is 0 Å². The van der Waals surface area contributed by atoms with Crippen molar-refractivity contribution in [2.75, 3.05) is 0 Å². The SMILES string of the molecule is Clc1ccccc1CNCc1cncn1C1CC1. The molecule has 1 N–H and O–H groups in total. The van der Waals surface area contributed by atoms with Gasteiger partial charge in [0.1, 0.15) is 0 Å². The average molecular weight is 262 g/mol. The van der Waals surface area contributed by atoms with Crippen molar-refractivity contribution in [3.63, 3.8) is 0 Å². The Morgan fingerprint density at radius 1 is 1.28 bits per heavy atom. The quantitative estimate of drug-likeness (QED) is 0.896. The molecule has 1 aromatic heterocycles. The zero-order chi connectivity index (χ0) is 12.4. The van der Waals surface area contributed by atoms with Gasteiger partial charge in [0.15, 0.2) is 0 Å². The summed E-state index contributed by atoms with van der Waals surface area (Å²) in [5.74, 6) is 0. The molecular formula is C14H16ClN3. The standard InChI is InChI=1S/C14H16ClN3/c15-14-4-2-1-3-11(14)7-16-8-13-9-17-10-18(13)12-5-6-12/h1-4,9-10,12,16H,5-8H2. The van der Waals surface area contributed by atoms with Crippen molar-refractivity contribution >= 4 is 11.6 Å². The van der Waals surface area contributed by atoms with E-state index in [0.717, 1.165) is 23.7 Å². The Bertz CT molecular complexity index is 531. The maximum absolute atomic E-state index is 6.12. The average Bonchev–Trinajstić information content (AvgIpc) is 3.12. The van der Waals surface area contributed by atoms with Crippen LogP contribution in [0.15, 0.2) is 36.8 Å². The number of aromatic nitrogens is 2. The monoisotopic (exact) mass is 261 g/mol. The Kier molecular flexibility index (Phi) is 3.35. The Hall–Kier alpha value is -1.32. The lowest BCUT2D eigenvalue weighted by Gasteiger charge is -2.09. The van der Waals surface area contributed by atoms with Crippen molar-refractivity contribution in [1.82, 2.24) is 14.9 Å². The molecule has 0 bridgehead atoms. The molecule has 3 rings (SSSR count). The van der Waals surface area contributed by atoms with Gasteiger partial charge in [-0.3, -0.25) is 0 Å². The van der Waals surface area contributed by atoms with E-state index in [1.54, 1.807) is 0 Å². The fourth-order valence-electron chi connectivity index (χ4n) is 2.12. The predicted molar refractivity (Wildman–Crippen MR) is 72.5 cm³/mol. The van der Waals surface area contributed by atoms with Gasteiger partial charge in [-0.25, -0.2) is 4.98 Å². The van der Waals surface area contributed by atoms with Crippen LogP contribution in [0.5, 0.6) is 0 Å². The van der Waals surface area contributed by atoms with Crippen molar-refractivity contribution in [3.05, 3.63) is 53.1 Å². The molecule has 1 saturated carbocycles. The highest BCUT2D eigenvalue weighted by molar-refractivity contribution is 6.31. The Morgan fingerprint density at radius 3 is 2.89 bits per heavy atom. The van der Waals surface area contributed by atoms with Gasteiger partial charge < -0.3 is 9.88 Å². The summed E-state index contributed by atoms with van der Waals surface area (Å²) < 4.78 is 2.28. The number of rotatable bonds is 5. The van der Waals surface area contributed by atoms with Gasteiger partial charge in [-0.2, -0.15) is 0 Å².